The Hall–Kier alpha value is -4.15. The van der Waals surface area contributed by atoms with Gasteiger partial charge < -0.3 is 14.9 Å². The van der Waals surface area contributed by atoms with Crippen molar-refractivity contribution in [1.82, 2.24) is 10.4 Å². The number of carbonyl (C=O) groups is 1. The minimum Gasteiger partial charge on any atom is -0.481 e. The van der Waals surface area contributed by atoms with Crippen LogP contribution in [0.25, 0.3) is 5.57 Å². The number of hydrogen-bond donors (Lipinski definition) is 2. The summed E-state index contributed by atoms with van der Waals surface area (Å²) in [6.45, 7) is 2.61. The quantitative estimate of drug-likeness (QED) is 0.568. The van der Waals surface area contributed by atoms with Crippen molar-refractivity contribution < 1.29 is 14.6 Å². The summed E-state index contributed by atoms with van der Waals surface area (Å²) in [6.07, 6.45) is 3.61. The van der Waals surface area contributed by atoms with Crippen molar-refractivity contribution in [3.05, 3.63) is 94.7 Å². The number of hydrazine groups is 1. The van der Waals surface area contributed by atoms with Crippen LogP contribution in [0.1, 0.15) is 38.7 Å². The number of hydrogen-bond acceptors (Lipinski definition) is 6. The van der Waals surface area contributed by atoms with Crippen molar-refractivity contribution in [2.24, 2.45) is 0 Å². The molecule has 0 spiro atoms. The lowest BCUT2D eigenvalue weighted by Gasteiger charge is -2.20. The number of aryl methyl sites for hydroxylation is 1. The molecule has 1 aliphatic rings. The molecule has 0 saturated carbocycles. The van der Waals surface area contributed by atoms with Crippen molar-refractivity contribution in [2.45, 2.75) is 19.5 Å². The maximum atomic E-state index is 11.3. The number of benzene rings is 2. The van der Waals surface area contributed by atoms with Crippen molar-refractivity contribution in [3.63, 3.8) is 0 Å². The fourth-order valence-electron chi connectivity index (χ4n) is 3.71. The van der Waals surface area contributed by atoms with Crippen LogP contribution >= 0.6 is 0 Å². The van der Waals surface area contributed by atoms with Crippen molar-refractivity contribution in [3.8, 4) is 11.9 Å². The maximum absolute atomic E-state index is 11.3. The van der Waals surface area contributed by atoms with Crippen molar-refractivity contribution in [1.29, 1.82) is 5.26 Å². The van der Waals surface area contributed by atoms with Gasteiger partial charge in [0.1, 0.15) is 0 Å². The smallest absolute Gasteiger partial charge is 0.335 e. The number of pyridine rings is 1. The third kappa shape index (κ3) is 4.31. The highest BCUT2D eigenvalue weighted by Crippen LogP contribution is 2.36. The number of methoxy groups -OCH3 is 1. The van der Waals surface area contributed by atoms with Gasteiger partial charge in [-0.15, -0.1) is 0 Å². The molecule has 1 atom stereocenters. The van der Waals surface area contributed by atoms with Gasteiger partial charge >= 0.3 is 5.97 Å². The van der Waals surface area contributed by atoms with Crippen LogP contribution in [0.15, 0.2) is 66.9 Å². The number of ether oxygens (including phenoxy) is 1. The summed E-state index contributed by atoms with van der Waals surface area (Å²) in [6, 6.07) is 18.4. The number of allylic oxidation sites excluding steroid dienone is 1. The van der Waals surface area contributed by atoms with E-state index in [4.69, 9.17) is 4.74 Å². The summed E-state index contributed by atoms with van der Waals surface area (Å²) in [5.41, 5.74) is 8.79. The predicted molar refractivity (Wildman–Crippen MR) is 121 cm³/mol. The van der Waals surface area contributed by atoms with E-state index in [2.05, 4.69) is 22.5 Å². The number of carboxylic acid groups (broad SMARTS) is 1. The van der Waals surface area contributed by atoms with E-state index in [1.807, 2.05) is 42.3 Å². The average molecular weight is 426 g/mol. The van der Waals surface area contributed by atoms with Crippen LogP contribution in [0.3, 0.4) is 0 Å². The molecule has 0 fully saturated rings. The molecule has 0 saturated heterocycles. The maximum Gasteiger partial charge on any atom is 0.335 e. The molecule has 0 amide bonds. The first kappa shape index (κ1) is 21.1. The lowest BCUT2D eigenvalue weighted by Crippen LogP contribution is -2.33. The molecule has 160 valence electrons. The lowest BCUT2D eigenvalue weighted by atomic mass is 9.98. The molecule has 2 aromatic carbocycles. The highest BCUT2D eigenvalue weighted by Gasteiger charge is 2.27. The van der Waals surface area contributed by atoms with Gasteiger partial charge in [-0.25, -0.2) is 15.2 Å². The summed E-state index contributed by atoms with van der Waals surface area (Å²) < 4.78 is 5.13. The number of rotatable bonds is 6. The highest BCUT2D eigenvalue weighted by atomic mass is 16.5. The average Bonchev–Trinajstić information content (AvgIpc) is 3.14. The second kappa shape index (κ2) is 8.92. The number of fused-ring (bicyclic) bond motifs is 1. The summed E-state index contributed by atoms with van der Waals surface area (Å²) in [4.78, 5) is 15.6. The predicted octanol–water partition coefficient (Wildman–Crippen LogP) is 4.27. The van der Waals surface area contributed by atoms with Gasteiger partial charge in [0.05, 0.1) is 42.6 Å². The van der Waals surface area contributed by atoms with Gasteiger partial charge in [0.15, 0.2) is 0 Å². The van der Waals surface area contributed by atoms with E-state index in [1.54, 1.807) is 25.4 Å². The molecule has 2 N–H and O–H groups in total. The molecule has 2 heterocycles. The molecule has 1 aliphatic heterocycles. The van der Waals surface area contributed by atoms with E-state index in [9.17, 15) is 15.2 Å². The Morgan fingerprint density at radius 2 is 2.06 bits per heavy atom. The zero-order valence-corrected chi connectivity index (χ0v) is 17.7. The number of aromatic nitrogens is 1. The van der Waals surface area contributed by atoms with Gasteiger partial charge in [-0.05, 0) is 53.5 Å². The molecule has 0 radical (unpaired) electrons. The summed E-state index contributed by atoms with van der Waals surface area (Å²) in [5, 5.41) is 21.1. The van der Waals surface area contributed by atoms with E-state index < -0.39 is 5.97 Å². The van der Waals surface area contributed by atoms with Gasteiger partial charge in [-0.2, -0.15) is 5.26 Å². The monoisotopic (exact) mass is 426 g/mol. The van der Waals surface area contributed by atoms with Crippen LogP contribution in [-0.4, -0.2) is 23.2 Å². The first-order chi connectivity index (χ1) is 15.5. The zero-order valence-electron chi connectivity index (χ0n) is 17.7. The third-order valence-corrected chi connectivity index (χ3v) is 5.33. The SMILES string of the molecule is COc1ccc(CN2NC(/C=C(\C#N)c3cccc(C(=O)O)c3)c3ccc(C)cc32)cn1. The third-order valence-electron chi connectivity index (χ3n) is 5.33. The molecular formula is C25H22N4O3. The normalized spacial score (nSPS) is 15.2. The number of carboxylic acids is 1. The van der Waals surface area contributed by atoms with E-state index in [0.717, 1.165) is 22.4 Å². The van der Waals surface area contributed by atoms with Crippen LogP contribution < -0.4 is 15.2 Å². The Morgan fingerprint density at radius 1 is 1.25 bits per heavy atom. The van der Waals surface area contributed by atoms with Crippen LogP contribution in [0.4, 0.5) is 5.69 Å². The van der Waals surface area contributed by atoms with Crippen LogP contribution in [0.5, 0.6) is 5.88 Å². The molecule has 4 rings (SSSR count). The first-order valence-electron chi connectivity index (χ1n) is 10.1. The van der Waals surface area contributed by atoms with E-state index in [0.29, 0.717) is 23.6 Å². The Labute approximate surface area is 186 Å². The second-order valence-corrected chi connectivity index (χ2v) is 7.54. The lowest BCUT2D eigenvalue weighted by molar-refractivity contribution is 0.0697. The van der Waals surface area contributed by atoms with Crippen LogP contribution in [0, 0.1) is 18.3 Å². The number of aromatic carboxylic acids is 1. The van der Waals surface area contributed by atoms with Gasteiger partial charge in [-0.1, -0.05) is 30.3 Å². The van der Waals surface area contributed by atoms with E-state index in [1.165, 1.54) is 12.1 Å². The zero-order chi connectivity index (χ0) is 22.7. The minimum absolute atomic E-state index is 0.146. The van der Waals surface area contributed by atoms with Gasteiger partial charge in [-0.3, -0.25) is 0 Å². The fourth-order valence-corrected chi connectivity index (χ4v) is 3.71. The number of nitrogens with one attached hydrogen (secondary N) is 1. The Kier molecular flexibility index (Phi) is 5.88. The molecule has 3 aromatic rings. The highest BCUT2D eigenvalue weighted by molar-refractivity contribution is 5.90. The van der Waals surface area contributed by atoms with Crippen molar-refractivity contribution >= 4 is 17.2 Å². The molecule has 32 heavy (non-hydrogen) atoms. The molecular weight excluding hydrogens is 404 g/mol. The Morgan fingerprint density at radius 3 is 2.75 bits per heavy atom. The topological polar surface area (TPSA) is 98.5 Å². The first-order valence-corrected chi connectivity index (χ1v) is 10.1. The summed E-state index contributed by atoms with van der Waals surface area (Å²) >= 11 is 0. The molecule has 7 heteroatoms. The largest absolute Gasteiger partial charge is 0.481 e. The second-order valence-electron chi connectivity index (χ2n) is 7.54. The molecule has 1 aromatic heterocycles. The van der Waals surface area contributed by atoms with Gasteiger partial charge in [0, 0.05) is 12.3 Å². The van der Waals surface area contributed by atoms with Crippen LogP contribution in [0.2, 0.25) is 0 Å². The molecule has 1 unspecified atom stereocenters. The summed E-state index contributed by atoms with van der Waals surface area (Å²) in [7, 11) is 1.58. The standard InChI is InChI=1S/C25H22N4O3/c1-16-6-8-21-22(12-20(13-26)18-4-3-5-19(11-18)25(30)31)28-29(23(21)10-16)15-17-7-9-24(32-2)27-14-17/h3-12,14,22,28H,15H2,1-2H3,(H,30,31)/b20-12+. The van der Waals surface area contributed by atoms with Gasteiger partial charge in [0.2, 0.25) is 5.88 Å². The summed E-state index contributed by atoms with van der Waals surface area (Å²) in [5.74, 6) is -0.467. The van der Waals surface area contributed by atoms with Gasteiger partial charge in [0.25, 0.3) is 0 Å². The van der Waals surface area contributed by atoms with E-state index in [-0.39, 0.29) is 11.6 Å². The fraction of sp³-hybridized carbons (Fsp3) is 0.160. The molecule has 0 aliphatic carbocycles. The number of anilines is 1. The molecule has 0 bridgehead atoms. The number of nitrogens with zero attached hydrogens (tertiary/aromatic N) is 3. The van der Waals surface area contributed by atoms with E-state index >= 15 is 0 Å². The Balaban J connectivity index is 1.66. The number of nitriles is 1. The Bertz CT molecular complexity index is 1230. The van der Waals surface area contributed by atoms with Crippen molar-refractivity contribution in [2.75, 3.05) is 12.1 Å². The minimum atomic E-state index is -1.02. The van der Waals surface area contributed by atoms with Crippen LogP contribution in [-0.2, 0) is 6.54 Å². The molecule has 7 nitrogen and oxygen atoms in total.